The van der Waals surface area contributed by atoms with E-state index in [2.05, 4.69) is 48.5 Å². The Balaban J connectivity index is 2.80. The summed E-state index contributed by atoms with van der Waals surface area (Å²) >= 11 is 18.8. The molecule has 0 aliphatic heterocycles. The van der Waals surface area contributed by atoms with Crippen LogP contribution < -0.4 is 0 Å². The summed E-state index contributed by atoms with van der Waals surface area (Å²) in [5, 5.41) is 12.2. The van der Waals surface area contributed by atoms with Crippen molar-refractivity contribution in [2.45, 2.75) is 96.9 Å². The topological polar surface area (TPSA) is 85.7 Å². The average Bonchev–Trinajstić information content (AvgIpc) is 3.23. The van der Waals surface area contributed by atoms with Crippen LogP contribution in [0, 0.1) is 24.2 Å². The van der Waals surface area contributed by atoms with E-state index in [1.165, 1.54) is 5.57 Å². The van der Waals surface area contributed by atoms with Crippen molar-refractivity contribution >= 4 is 64.3 Å². The number of carbonyl (C=O) groups excluding carboxylic acids is 1. The standard InChI is InChI=1S/C30H44Cl3NO5S/c1-20(10-8-12-21(2)16-25-18-40-24(5)34-25)11-9-13-22(3)27(39-28(37)38-19-30(31,32)33)23(4)17-29(6,7)15-14-26(35)36/h9-11,16,18,22-23,27H,8,12-15,17,19H2,1-7H3,(H,35,36). The first-order valence-corrected chi connectivity index (χ1v) is 15.5. The molecular weight excluding hydrogens is 593 g/mol. The van der Waals surface area contributed by atoms with E-state index in [9.17, 15) is 9.59 Å². The van der Waals surface area contributed by atoms with Crippen LogP contribution in [0.3, 0.4) is 0 Å². The summed E-state index contributed by atoms with van der Waals surface area (Å²) in [6, 6.07) is 0. The molecule has 226 valence electrons. The van der Waals surface area contributed by atoms with Crippen molar-refractivity contribution < 1.29 is 24.2 Å². The summed E-state index contributed by atoms with van der Waals surface area (Å²) in [6.45, 7) is 13.9. The van der Waals surface area contributed by atoms with Gasteiger partial charge < -0.3 is 14.6 Å². The zero-order valence-electron chi connectivity index (χ0n) is 24.6. The molecule has 0 bridgehead atoms. The van der Waals surface area contributed by atoms with Crippen LogP contribution in [0.2, 0.25) is 0 Å². The summed E-state index contributed by atoms with van der Waals surface area (Å²) in [7, 11) is 0. The van der Waals surface area contributed by atoms with E-state index in [-0.39, 0.29) is 23.7 Å². The van der Waals surface area contributed by atoms with Crippen LogP contribution in [-0.2, 0) is 14.3 Å². The predicted octanol–water partition coefficient (Wildman–Crippen LogP) is 9.97. The lowest BCUT2D eigenvalue weighted by molar-refractivity contribution is -0.137. The van der Waals surface area contributed by atoms with Gasteiger partial charge in [-0.1, -0.05) is 91.9 Å². The zero-order valence-corrected chi connectivity index (χ0v) is 27.7. The number of aryl methyl sites for hydroxylation is 1. The molecule has 1 heterocycles. The fourth-order valence-electron chi connectivity index (χ4n) is 4.58. The highest BCUT2D eigenvalue weighted by Gasteiger charge is 2.33. The third-order valence-electron chi connectivity index (χ3n) is 6.52. The summed E-state index contributed by atoms with van der Waals surface area (Å²) in [4.78, 5) is 28.0. The Hall–Kier alpha value is -1.54. The highest BCUT2D eigenvalue weighted by molar-refractivity contribution is 7.09. The van der Waals surface area contributed by atoms with Gasteiger partial charge in [0.05, 0.1) is 10.7 Å². The van der Waals surface area contributed by atoms with Crippen LogP contribution in [0.4, 0.5) is 4.79 Å². The molecule has 0 fully saturated rings. The van der Waals surface area contributed by atoms with E-state index in [1.54, 1.807) is 11.3 Å². The van der Waals surface area contributed by atoms with Gasteiger partial charge in [0.1, 0.15) is 12.7 Å². The molecule has 3 atom stereocenters. The number of rotatable bonds is 16. The maximum absolute atomic E-state index is 12.4. The second-order valence-electron chi connectivity index (χ2n) is 11.4. The minimum atomic E-state index is -1.73. The van der Waals surface area contributed by atoms with Crippen LogP contribution in [0.15, 0.2) is 34.8 Å². The van der Waals surface area contributed by atoms with E-state index >= 15 is 0 Å². The molecule has 0 saturated carbocycles. The number of carbonyl (C=O) groups is 2. The molecule has 1 N–H and O–H groups in total. The third-order valence-corrected chi connectivity index (χ3v) is 7.64. The number of carboxylic acid groups (broad SMARTS) is 1. The number of hydrogen-bond donors (Lipinski definition) is 1. The van der Waals surface area contributed by atoms with Gasteiger partial charge in [-0.15, -0.1) is 11.3 Å². The Bertz CT molecular complexity index is 1040. The minimum Gasteiger partial charge on any atom is -0.481 e. The van der Waals surface area contributed by atoms with Gasteiger partial charge in [0.2, 0.25) is 3.79 Å². The van der Waals surface area contributed by atoms with E-state index in [0.29, 0.717) is 19.3 Å². The normalized spacial score (nSPS) is 15.7. The summed E-state index contributed by atoms with van der Waals surface area (Å²) in [6.07, 6.45) is 11.0. The molecule has 1 rings (SSSR count). The van der Waals surface area contributed by atoms with Gasteiger partial charge in [-0.05, 0) is 76.2 Å². The number of carboxylic acids is 1. The van der Waals surface area contributed by atoms with Crippen molar-refractivity contribution in [3.63, 3.8) is 0 Å². The number of aromatic nitrogens is 1. The highest BCUT2D eigenvalue weighted by Crippen LogP contribution is 2.35. The van der Waals surface area contributed by atoms with E-state index in [1.807, 2.05) is 34.6 Å². The second-order valence-corrected chi connectivity index (χ2v) is 14.9. The van der Waals surface area contributed by atoms with Crippen molar-refractivity contribution in [2.75, 3.05) is 6.61 Å². The lowest BCUT2D eigenvalue weighted by atomic mass is 9.76. The van der Waals surface area contributed by atoms with Crippen molar-refractivity contribution in [1.29, 1.82) is 0 Å². The van der Waals surface area contributed by atoms with Gasteiger partial charge in [-0.2, -0.15) is 0 Å². The van der Waals surface area contributed by atoms with Crippen LogP contribution in [0.25, 0.3) is 6.08 Å². The SMILES string of the molecule is CC(C=CCC(C)C(OC(=O)OCC(Cl)(Cl)Cl)C(C)CC(C)(C)CCC(=O)O)=CCCC(C)=Cc1csc(C)n1. The van der Waals surface area contributed by atoms with Gasteiger partial charge in [0.15, 0.2) is 0 Å². The molecule has 1 aromatic heterocycles. The number of alkyl halides is 3. The first kappa shape index (κ1) is 36.5. The van der Waals surface area contributed by atoms with Crippen LogP contribution in [0.5, 0.6) is 0 Å². The molecular formula is C30H44Cl3NO5S. The van der Waals surface area contributed by atoms with Crippen molar-refractivity contribution in [3.8, 4) is 0 Å². The van der Waals surface area contributed by atoms with E-state index in [0.717, 1.165) is 29.1 Å². The predicted molar refractivity (Wildman–Crippen MR) is 167 cm³/mol. The van der Waals surface area contributed by atoms with Gasteiger partial charge in [-0.3, -0.25) is 4.79 Å². The minimum absolute atomic E-state index is 0.0265. The Morgan fingerprint density at radius 3 is 2.40 bits per heavy atom. The molecule has 0 aliphatic carbocycles. The Labute approximate surface area is 258 Å². The molecule has 3 unspecified atom stereocenters. The van der Waals surface area contributed by atoms with E-state index < -0.39 is 28.6 Å². The fraction of sp³-hybridized carbons (Fsp3) is 0.633. The molecule has 0 aromatic carbocycles. The average molecular weight is 637 g/mol. The number of allylic oxidation sites excluding steroid dienone is 5. The molecule has 10 heteroatoms. The van der Waals surface area contributed by atoms with Crippen LogP contribution in [0.1, 0.15) is 90.8 Å². The maximum atomic E-state index is 12.4. The van der Waals surface area contributed by atoms with Crippen LogP contribution >= 0.6 is 46.1 Å². The first-order chi connectivity index (χ1) is 18.5. The van der Waals surface area contributed by atoms with Gasteiger partial charge in [0, 0.05) is 11.8 Å². The first-order valence-electron chi connectivity index (χ1n) is 13.5. The molecule has 1 aromatic rings. The molecule has 0 aliphatic rings. The molecule has 0 radical (unpaired) electrons. The second kappa shape index (κ2) is 17.4. The van der Waals surface area contributed by atoms with E-state index in [4.69, 9.17) is 49.4 Å². The summed E-state index contributed by atoms with van der Waals surface area (Å²) in [5.41, 5.74) is 3.21. The number of ether oxygens (including phenoxy) is 2. The summed E-state index contributed by atoms with van der Waals surface area (Å²) < 4.78 is 9.02. The van der Waals surface area contributed by atoms with Crippen LogP contribution in [-0.4, -0.2) is 38.7 Å². The van der Waals surface area contributed by atoms with Gasteiger partial charge in [0.25, 0.3) is 0 Å². The van der Waals surface area contributed by atoms with Gasteiger partial charge >= 0.3 is 12.1 Å². The monoisotopic (exact) mass is 635 g/mol. The van der Waals surface area contributed by atoms with Gasteiger partial charge in [-0.25, -0.2) is 9.78 Å². The molecule has 0 spiro atoms. The lowest BCUT2D eigenvalue weighted by Crippen LogP contribution is -2.35. The highest BCUT2D eigenvalue weighted by atomic mass is 35.6. The Morgan fingerprint density at radius 2 is 1.82 bits per heavy atom. The molecule has 6 nitrogen and oxygen atoms in total. The zero-order chi connectivity index (χ0) is 30.5. The largest absolute Gasteiger partial charge is 0.508 e. The number of hydrogen-bond acceptors (Lipinski definition) is 6. The molecule has 0 saturated heterocycles. The lowest BCUT2D eigenvalue weighted by Gasteiger charge is -2.34. The number of aliphatic carboxylic acids is 1. The van der Waals surface area contributed by atoms with Crippen molar-refractivity contribution in [3.05, 3.63) is 45.5 Å². The molecule has 0 amide bonds. The summed E-state index contributed by atoms with van der Waals surface area (Å²) in [5.74, 6) is -0.909. The molecule has 40 heavy (non-hydrogen) atoms. The van der Waals surface area contributed by atoms with Crippen molar-refractivity contribution in [2.24, 2.45) is 17.3 Å². The third kappa shape index (κ3) is 16.7. The quantitative estimate of drug-likeness (QED) is 0.110. The number of halogens is 3. The fourth-order valence-corrected chi connectivity index (χ4v) is 5.32. The maximum Gasteiger partial charge on any atom is 0.508 e. The number of nitrogens with zero attached hydrogens (tertiary/aromatic N) is 1. The number of thiazole rings is 1. The van der Waals surface area contributed by atoms with Crippen molar-refractivity contribution in [1.82, 2.24) is 4.98 Å². The smallest absolute Gasteiger partial charge is 0.481 e. The Kier molecular flexibility index (Phi) is 15.9. The Morgan fingerprint density at radius 1 is 1.15 bits per heavy atom.